The largest absolute Gasteiger partial charge is 0.497 e. The molecule has 1 aliphatic heterocycles. The predicted octanol–water partition coefficient (Wildman–Crippen LogP) is 2.91. The van der Waals surface area contributed by atoms with Crippen LogP contribution in [0.4, 0.5) is 0 Å². The third kappa shape index (κ3) is 3.97. The van der Waals surface area contributed by atoms with Gasteiger partial charge in [-0.3, -0.25) is 0 Å². The predicted molar refractivity (Wildman–Crippen MR) is 84.1 cm³/mol. The molecular weight excluding hydrogens is 248 g/mol. The standard InChI is InChI=1S/C17H28N2O/c1-17(2)10-5-11-18-16(17)13-19(3)12-14-6-8-15(20-4)9-7-14/h6-9,16,18H,5,10-13H2,1-4H3. The van der Waals surface area contributed by atoms with Gasteiger partial charge in [0.05, 0.1) is 7.11 Å². The van der Waals surface area contributed by atoms with Crippen molar-refractivity contribution in [3.05, 3.63) is 29.8 Å². The third-order valence-electron chi connectivity index (χ3n) is 4.44. The van der Waals surface area contributed by atoms with Gasteiger partial charge in [-0.05, 0) is 49.5 Å². The molecule has 0 radical (unpaired) electrons. The number of methoxy groups -OCH3 is 1. The van der Waals surface area contributed by atoms with Crippen LogP contribution in [0.3, 0.4) is 0 Å². The maximum Gasteiger partial charge on any atom is 0.118 e. The zero-order chi connectivity index (χ0) is 14.6. The van der Waals surface area contributed by atoms with Crippen LogP contribution in [0.2, 0.25) is 0 Å². The van der Waals surface area contributed by atoms with Crippen LogP contribution in [0.25, 0.3) is 0 Å². The number of hydrogen-bond donors (Lipinski definition) is 1. The summed E-state index contributed by atoms with van der Waals surface area (Å²) in [5.41, 5.74) is 1.73. The molecule has 2 rings (SSSR count). The quantitative estimate of drug-likeness (QED) is 0.895. The highest BCUT2D eigenvalue weighted by Crippen LogP contribution is 2.30. The molecule has 112 valence electrons. The Morgan fingerprint density at radius 2 is 2.00 bits per heavy atom. The van der Waals surface area contributed by atoms with Crippen LogP contribution in [-0.4, -0.2) is 38.2 Å². The lowest BCUT2D eigenvalue weighted by Crippen LogP contribution is -2.52. The Morgan fingerprint density at radius 3 is 2.60 bits per heavy atom. The molecule has 1 unspecified atom stereocenters. The van der Waals surface area contributed by atoms with Gasteiger partial charge < -0.3 is 15.0 Å². The van der Waals surface area contributed by atoms with Crippen molar-refractivity contribution >= 4 is 0 Å². The normalized spacial score (nSPS) is 21.9. The third-order valence-corrected chi connectivity index (χ3v) is 4.44. The van der Waals surface area contributed by atoms with Crippen LogP contribution >= 0.6 is 0 Å². The molecule has 1 aliphatic rings. The molecule has 0 spiro atoms. The maximum absolute atomic E-state index is 5.20. The Balaban J connectivity index is 1.89. The molecule has 0 aromatic heterocycles. The minimum Gasteiger partial charge on any atom is -0.497 e. The van der Waals surface area contributed by atoms with Crippen LogP contribution in [0.15, 0.2) is 24.3 Å². The minimum atomic E-state index is 0.395. The van der Waals surface area contributed by atoms with Gasteiger partial charge >= 0.3 is 0 Å². The lowest BCUT2D eigenvalue weighted by molar-refractivity contribution is 0.136. The molecule has 20 heavy (non-hydrogen) atoms. The van der Waals surface area contributed by atoms with Gasteiger partial charge in [0.25, 0.3) is 0 Å². The lowest BCUT2D eigenvalue weighted by atomic mass is 9.77. The smallest absolute Gasteiger partial charge is 0.118 e. The topological polar surface area (TPSA) is 24.5 Å². The van der Waals surface area contributed by atoms with Crippen molar-refractivity contribution < 1.29 is 4.74 Å². The van der Waals surface area contributed by atoms with E-state index in [0.29, 0.717) is 11.5 Å². The number of rotatable bonds is 5. The zero-order valence-electron chi connectivity index (χ0n) is 13.3. The number of piperidine rings is 1. The summed E-state index contributed by atoms with van der Waals surface area (Å²) in [4.78, 5) is 2.41. The molecule has 1 aromatic carbocycles. The number of benzene rings is 1. The Morgan fingerprint density at radius 1 is 1.30 bits per heavy atom. The SMILES string of the molecule is COc1ccc(CN(C)CC2NCCCC2(C)C)cc1. The average Bonchev–Trinajstić information content (AvgIpc) is 2.42. The van der Waals surface area contributed by atoms with Crippen LogP contribution in [0, 0.1) is 5.41 Å². The van der Waals surface area contributed by atoms with E-state index in [9.17, 15) is 0 Å². The first-order valence-corrected chi connectivity index (χ1v) is 7.56. The van der Waals surface area contributed by atoms with Gasteiger partial charge in [0, 0.05) is 19.1 Å². The molecule has 0 bridgehead atoms. The van der Waals surface area contributed by atoms with Crippen molar-refractivity contribution in [2.24, 2.45) is 5.41 Å². The second-order valence-electron chi connectivity index (χ2n) is 6.64. The van der Waals surface area contributed by atoms with Crippen molar-refractivity contribution in [3.63, 3.8) is 0 Å². The maximum atomic E-state index is 5.20. The average molecular weight is 276 g/mol. The van der Waals surface area contributed by atoms with Gasteiger partial charge in [-0.25, -0.2) is 0 Å². The van der Waals surface area contributed by atoms with E-state index in [1.807, 2.05) is 12.1 Å². The molecule has 1 atom stereocenters. The number of ether oxygens (including phenoxy) is 1. The molecular formula is C17H28N2O. The highest BCUT2D eigenvalue weighted by molar-refractivity contribution is 5.27. The van der Waals surface area contributed by atoms with E-state index in [1.54, 1.807) is 7.11 Å². The van der Waals surface area contributed by atoms with Crippen molar-refractivity contribution in [2.75, 3.05) is 27.2 Å². The monoisotopic (exact) mass is 276 g/mol. The minimum absolute atomic E-state index is 0.395. The molecule has 1 N–H and O–H groups in total. The van der Waals surface area contributed by atoms with E-state index in [2.05, 4.69) is 43.2 Å². The number of nitrogens with zero attached hydrogens (tertiary/aromatic N) is 1. The van der Waals surface area contributed by atoms with E-state index in [4.69, 9.17) is 4.74 Å². The highest BCUT2D eigenvalue weighted by Gasteiger charge is 2.32. The fourth-order valence-electron chi connectivity index (χ4n) is 3.00. The first kappa shape index (κ1) is 15.3. The van der Waals surface area contributed by atoms with Gasteiger partial charge in [-0.15, -0.1) is 0 Å². The van der Waals surface area contributed by atoms with Crippen molar-refractivity contribution in [1.82, 2.24) is 10.2 Å². The van der Waals surface area contributed by atoms with E-state index in [0.717, 1.165) is 25.4 Å². The summed E-state index contributed by atoms with van der Waals surface area (Å²) in [5.74, 6) is 0.923. The Hall–Kier alpha value is -1.06. The molecule has 1 heterocycles. The van der Waals surface area contributed by atoms with Gasteiger partial charge in [0.15, 0.2) is 0 Å². The molecule has 0 aliphatic carbocycles. The van der Waals surface area contributed by atoms with Gasteiger partial charge in [0.2, 0.25) is 0 Å². The fraction of sp³-hybridized carbons (Fsp3) is 0.647. The van der Waals surface area contributed by atoms with E-state index in [-0.39, 0.29) is 0 Å². The second-order valence-corrected chi connectivity index (χ2v) is 6.64. The lowest BCUT2D eigenvalue weighted by Gasteiger charge is -2.41. The molecule has 3 nitrogen and oxygen atoms in total. The Kier molecular flexibility index (Phi) is 5.06. The fourth-order valence-corrected chi connectivity index (χ4v) is 3.00. The molecule has 1 saturated heterocycles. The highest BCUT2D eigenvalue weighted by atomic mass is 16.5. The van der Waals surface area contributed by atoms with E-state index >= 15 is 0 Å². The summed E-state index contributed by atoms with van der Waals surface area (Å²) in [6.45, 7) is 8.00. The van der Waals surface area contributed by atoms with E-state index in [1.165, 1.54) is 18.4 Å². The number of likely N-dealkylation sites (N-methyl/N-ethyl adjacent to an activating group) is 1. The summed E-state index contributed by atoms with van der Waals surface area (Å²) in [5, 5.41) is 3.68. The summed E-state index contributed by atoms with van der Waals surface area (Å²) in [6.07, 6.45) is 2.62. The summed E-state index contributed by atoms with van der Waals surface area (Å²) < 4.78 is 5.20. The molecule has 1 aromatic rings. The molecule has 0 amide bonds. The van der Waals surface area contributed by atoms with Crippen molar-refractivity contribution in [3.8, 4) is 5.75 Å². The Bertz CT molecular complexity index is 414. The number of nitrogens with one attached hydrogen (secondary N) is 1. The van der Waals surface area contributed by atoms with Crippen molar-refractivity contribution in [1.29, 1.82) is 0 Å². The first-order valence-electron chi connectivity index (χ1n) is 7.56. The molecule has 3 heteroatoms. The molecule has 1 fully saturated rings. The summed E-state index contributed by atoms with van der Waals surface area (Å²) >= 11 is 0. The van der Waals surface area contributed by atoms with Crippen LogP contribution < -0.4 is 10.1 Å². The van der Waals surface area contributed by atoms with Gasteiger partial charge in [0.1, 0.15) is 5.75 Å². The molecule has 0 saturated carbocycles. The van der Waals surface area contributed by atoms with Crippen LogP contribution in [-0.2, 0) is 6.54 Å². The number of hydrogen-bond acceptors (Lipinski definition) is 3. The first-order chi connectivity index (χ1) is 9.51. The summed E-state index contributed by atoms with van der Waals surface area (Å²) in [6, 6.07) is 8.95. The second kappa shape index (κ2) is 6.59. The van der Waals surface area contributed by atoms with Crippen LogP contribution in [0.5, 0.6) is 5.75 Å². The van der Waals surface area contributed by atoms with Gasteiger partial charge in [-0.2, -0.15) is 0 Å². The van der Waals surface area contributed by atoms with Crippen molar-refractivity contribution in [2.45, 2.75) is 39.3 Å². The Labute approximate surface area is 123 Å². The van der Waals surface area contributed by atoms with Crippen LogP contribution in [0.1, 0.15) is 32.3 Å². The van der Waals surface area contributed by atoms with Gasteiger partial charge in [-0.1, -0.05) is 26.0 Å². The van der Waals surface area contributed by atoms with E-state index < -0.39 is 0 Å². The summed E-state index contributed by atoms with van der Waals surface area (Å²) in [7, 11) is 3.91. The zero-order valence-corrected chi connectivity index (χ0v) is 13.3.